The lowest BCUT2D eigenvalue weighted by Gasteiger charge is -2.20. The zero-order chi connectivity index (χ0) is 10.2. The lowest BCUT2D eigenvalue weighted by atomic mass is 10.3. The molecule has 0 heterocycles. The topological polar surface area (TPSA) is 43.4 Å². The Kier molecular flexibility index (Phi) is 3.93. The molecule has 0 N–H and O–H groups in total. The number of hydrogen-bond donors (Lipinski definition) is 0. The molecule has 0 unspecified atom stereocenters. The predicted molar refractivity (Wildman–Crippen MR) is 53.1 cm³/mol. The average Bonchev–Trinajstić information content (AvgIpc) is 1.52. The van der Waals surface area contributed by atoms with Gasteiger partial charge >= 0.3 is 6.25 Å². The molecule has 0 fully saturated rings. The third-order valence-electron chi connectivity index (χ3n) is 0.954. The summed E-state index contributed by atoms with van der Waals surface area (Å²) in [5.74, 6) is 0. The third-order valence-corrected chi connectivity index (χ3v) is 5.79. The fourth-order valence-electron chi connectivity index (χ4n) is 0.249. The summed E-state index contributed by atoms with van der Waals surface area (Å²) >= 11 is 15.9. The van der Waals surface area contributed by atoms with Crippen LogP contribution in [-0.2, 0) is 14.0 Å². The second kappa shape index (κ2) is 3.63. The first-order valence-corrected chi connectivity index (χ1v) is 9.33. The van der Waals surface area contributed by atoms with Crippen LogP contribution >= 0.6 is 33.2 Å². The van der Waals surface area contributed by atoms with Crippen molar-refractivity contribution < 1.29 is 12.3 Å². The van der Waals surface area contributed by atoms with Crippen molar-refractivity contribution in [2.24, 2.45) is 0 Å². The molecule has 0 amide bonds. The molecular formula is C4H9Cl3O3SSi. The second-order valence-electron chi connectivity index (χ2n) is 3.10. The molecule has 12 heavy (non-hydrogen) atoms. The van der Waals surface area contributed by atoms with Crippen molar-refractivity contribution in [1.82, 2.24) is 0 Å². The van der Waals surface area contributed by atoms with E-state index in [1.807, 2.05) is 0 Å². The van der Waals surface area contributed by atoms with Crippen LogP contribution in [0.25, 0.3) is 0 Å². The van der Waals surface area contributed by atoms with Gasteiger partial charge in [-0.15, -0.1) is 0 Å². The largest absolute Gasteiger partial charge is 0.508 e. The Morgan fingerprint density at radius 2 is 1.50 bits per heavy atom. The van der Waals surface area contributed by atoms with E-state index in [0.29, 0.717) is 0 Å². The van der Waals surface area contributed by atoms with Crippen molar-refractivity contribution in [3.63, 3.8) is 0 Å². The van der Waals surface area contributed by atoms with Crippen molar-refractivity contribution in [2.45, 2.75) is 25.5 Å². The molecule has 0 saturated heterocycles. The highest BCUT2D eigenvalue weighted by Gasteiger charge is 2.41. The Morgan fingerprint density at radius 1 is 1.17 bits per heavy atom. The minimum absolute atomic E-state index is 1.07. The summed E-state index contributed by atoms with van der Waals surface area (Å²) in [7, 11) is -3.79. The number of hydrogen-bond acceptors (Lipinski definition) is 3. The highest BCUT2D eigenvalue weighted by molar-refractivity contribution is 7.91. The molecule has 0 atom stereocenters. The zero-order valence-electron chi connectivity index (χ0n) is 6.77. The smallest absolute Gasteiger partial charge is 0.266 e. The first-order chi connectivity index (χ1) is 4.96. The maximum atomic E-state index is 11.2. The van der Waals surface area contributed by atoms with E-state index in [4.69, 9.17) is 33.2 Å². The molecule has 8 heteroatoms. The molecule has 0 aliphatic heterocycles. The molecule has 0 aromatic heterocycles. The maximum Gasteiger partial charge on any atom is 0.508 e. The molecule has 0 saturated carbocycles. The summed E-state index contributed by atoms with van der Waals surface area (Å²) in [4.78, 5) is 0. The molecule has 3 nitrogen and oxygen atoms in total. The zero-order valence-corrected chi connectivity index (χ0v) is 10.9. The van der Waals surface area contributed by atoms with Gasteiger partial charge in [0.1, 0.15) is 0 Å². The molecule has 0 bridgehead atoms. The second-order valence-corrected chi connectivity index (χ2v) is 13.3. The first kappa shape index (κ1) is 13.0. The molecule has 0 aliphatic carbocycles. The van der Waals surface area contributed by atoms with Gasteiger partial charge in [-0.25, -0.2) is 0 Å². The fraction of sp³-hybridized carbons (Fsp3) is 1.00. The van der Waals surface area contributed by atoms with E-state index < -0.39 is 21.1 Å². The predicted octanol–water partition coefficient (Wildman–Crippen LogP) is 2.28. The minimum Gasteiger partial charge on any atom is -0.266 e. The van der Waals surface area contributed by atoms with Gasteiger partial charge in [0.25, 0.3) is 10.1 Å². The summed E-state index contributed by atoms with van der Waals surface area (Å²) in [6.07, 6.45) is -3.57. The highest BCUT2D eigenvalue weighted by Crippen LogP contribution is 2.28. The Bertz CT molecular complexity index is 250. The van der Waals surface area contributed by atoms with Gasteiger partial charge in [-0.2, -0.15) is 8.42 Å². The van der Waals surface area contributed by atoms with E-state index in [-0.39, 0.29) is 0 Å². The van der Waals surface area contributed by atoms with Gasteiger partial charge in [-0.05, 0) is 20.8 Å². The summed E-state index contributed by atoms with van der Waals surface area (Å²) in [5, 5.41) is 0. The molecule has 0 radical (unpaired) electrons. The normalized spacial score (nSPS) is 14.8. The standard InChI is InChI=1S/C4H9Cl3O3SSi/c1-4(2,3)11(8,9)10-12(5,6)7/h1-3H3. The fourth-order valence-corrected chi connectivity index (χ4v) is 4.48. The van der Waals surface area contributed by atoms with E-state index in [0.717, 1.165) is 0 Å². The molecular weight excluding hydrogens is 263 g/mol. The molecule has 74 valence electrons. The molecule has 0 spiro atoms. The Morgan fingerprint density at radius 3 is 1.58 bits per heavy atom. The van der Waals surface area contributed by atoms with Gasteiger partial charge in [-0.3, -0.25) is 3.87 Å². The monoisotopic (exact) mass is 270 g/mol. The van der Waals surface area contributed by atoms with E-state index in [2.05, 4.69) is 3.87 Å². The third kappa shape index (κ3) is 4.29. The number of halogens is 3. The average molecular weight is 272 g/mol. The van der Waals surface area contributed by atoms with Crippen LogP contribution < -0.4 is 0 Å². The van der Waals surface area contributed by atoms with Crippen molar-refractivity contribution in [1.29, 1.82) is 0 Å². The lowest BCUT2D eigenvalue weighted by molar-refractivity contribution is 0.466. The Hall–Kier alpha value is 0.997. The van der Waals surface area contributed by atoms with Crippen LogP contribution in [0.2, 0.25) is 0 Å². The van der Waals surface area contributed by atoms with Crippen LogP contribution in [0, 0.1) is 0 Å². The van der Waals surface area contributed by atoms with Gasteiger partial charge in [-0.1, -0.05) is 33.2 Å². The highest BCUT2D eigenvalue weighted by atomic mass is 35.8. The molecule has 0 aromatic carbocycles. The quantitative estimate of drug-likeness (QED) is 0.572. The van der Waals surface area contributed by atoms with Gasteiger partial charge in [0.05, 0.1) is 4.75 Å². The Labute approximate surface area is 87.3 Å². The first-order valence-electron chi connectivity index (χ1n) is 2.98. The van der Waals surface area contributed by atoms with Gasteiger partial charge < -0.3 is 0 Å². The van der Waals surface area contributed by atoms with E-state index >= 15 is 0 Å². The van der Waals surface area contributed by atoms with Gasteiger partial charge in [0, 0.05) is 0 Å². The summed E-state index contributed by atoms with van der Waals surface area (Å²) in [6.45, 7) is 4.40. The van der Waals surface area contributed by atoms with Crippen molar-refractivity contribution in [3.05, 3.63) is 0 Å². The molecule has 0 rings (SSSR count). The van der Waals surface area contributed by atoms with E-state index in [9.17, 15) is 8.42 Å². The SMILES string of the molecule is CC(C)(C)S(=O)(=O)O[Si](Cl)(Cl)Cl. The molecule has 0 aliphatic rings. The van der Waals surface area contributed by atoms with Crippen molar-refractivity contribution in [2.75, 3.05) is 0 Å². The minimum atomic E-state index is -3.79. The van der Waals surface area contributed by atoms with Crippen LogP contribution in [0.4, 0.5) is 0 Å². The maximum absolute atomic E-state index is 11.2. The number of rotatable bonds is 2. The van der Waals surface area contributed by atoms with Crippen LogP contribution in [0.5, 0.6) is 0 Å². The van der Waals surface area contributed by atoms with E-state index in [1.165, 1.54) is 20.8 Å². The lowest BCUT2D eigenvalue weighted by Crippen LogP contribution is -2.35. The van der Waals surface area contributed by atoms with Crippen LogP contribution in [0.15, 0.2) is 0 Å². The van der Waals surface area contributed by atoms with Crippen molar-refractivity contribution >= 4 is 49.6 Å². The summed E-state index contributed by atoms with van der Waals surface area (Å²) in [6, 6.07) is 0. The summed E-state index contributed by atoms with van der Waals surface area (Å²) < 4.78 is 25.8. The van der Waals surface area contributed by atoms with Crippen LogP contribution in [0.1, 0.15) is 20.8 Å². The van der Waals surface area contributed by atoms with Crippen LogP contribution in [-0.4, -0.2) is 19.4 Å². The van der Waals surface area contributed by atoms with Crippen molar-refractivity contribution in [3.8, 4) is 0 Å². The summed E-state index contributed by atoms with van der Waals surface area (Å²) in [5.41, 5.74) is 0. The molecule has 0 aromatic rings. The van der Waals surface area contributed by atoms with Gasteiger partial charge in [0.2, 0.25) is 0 Å². The van der Waals surface area contributed by atoms with Crippen LogP contribution in [0.3, 0.4) is 0 Å². The van der Waals surface area contributed by atoms with E-state index in [1.54, 1.807) is 0 Å². The Balaban J connectivity index is 4.70. The van der Waals surface area contributed by atoms with Gasteiger partial charge in [0.15, 0.2) is 0 Å².